The minimum Gasteiger partial charge on any atom is -0.368 e. The van der Waals surface area contributed by atoms with Crippen molar-refractivity contribution < 1.29 is 4.92 Å². The van der Waals surface area contributed by atoms with Crippen LogP contribution in [0, 0.1) is 21.4 Å². The Hall–Kier alpha value is -2.13. The first-order valence-corrected chi connectivity index (χ1v) is 5.36. The number of non-ortho nitro benzene ring substituents is 1. The number of piperazine rings is 1. The zero-order valence-electron chi connectivity index (χ0n) is 9.22. The van der Waals surface area contributed by atoms with Crippen LogP contribution in [0.2, 0.25) is 0 Å². The fraction of sp³-hybridized carbons (Fsp3) is 0.364. The highest BCUT2D eigenvalue weighted by Gasteiger charge is 2.17. The summed E-state index contributed by atoms with van der Waals surface area (Å²) in [6.07, 6.45) is 0. The van der Waals surface area contributed by atoms with Crippen LogP contribution in [0.4, 0.5) is 11.4 Å². The Morgan fingerprint density at radius 2 is 2.12 bits per heavy atom. The fourth-order valence-corrected chi connectivity index (χ4v) is 1.90. The van der Waals surface area contributed by atoms with Crippen LogP contribution in [0.5, 0.6) is 0 Å². The highest BCUT2D eigenvalue weighted by Crippen LogP contribution is 2.25. The molecule has 6 nitrogen and oxygen atoms in total. The summed E-state index contributed by atoms with van der Waals surface area (Å²) in [5.41, 5.74) is 1.17. The molecule has 1 aliphatic heterocycles. The number of nitro groups is 1. The molecule has 0 amide bonds. The molecule has 1 aliphatic rings. The van der Waals surface area contributed by atoms with Crippen molar-refractivity contribution in [1.82, 2.24) is 5.32 Å². The van der Waals surface area contributed by atoms with Crippen LogP contribution in [0.1, 0.15) is 5.56 Å². The molecule has 1 aromatic carbocycles. The molecular formula is C11H12N4O2. The SMILES string of the molecule is N#Cc1ccc([N+](=O)[O-])cc1N1CCNCC1. The zero-order chi connectivity index (χ0) is 12.3. The maximum atomic E-state index is 10.7. The maximum Gasteiger partial charge on any atom is 0.271 e. The van der Waals surface area contributed by atoms with Gasteiger partial charge in [0.05, 0.1) is 16.2 Å². The van der Waals surface area contributed by atoms with E-state index < -0.39 is 4.92 Å². The Morgan fingerprint density at radius 3 is 2.71 bits per heavy atom. The summed E-state index contributed by atoms with van der Waals surface area (Å²) in [6.45, 7) is 3.17. The maximum absolute atomic E-state index is 10.7. The Balaban J connectivity index is 2.38. The third-order valence-corrected chi connectivity index (χ3v) is 2.77. The standard InChI is InChI=1S/C11H12N4O2/c12-8-9-1-2-10(15(16)17)7-11(9)14-5-3-13-4-6-14/h1-2,7,13H,3-6H2. The molecule has 0 bridgehead atoms. The number of hydrogen-bond acceptors (Lipinski definition) is 5. The van der Waals surface area contributed by atoms with Crippen molar-refractivity contribution in [2.24, 2.45) is 0 Å². The summed E-state index contributed by atoms with van der Waals surface area (Å²) < 4.78 is 0. The van der Waals surface area contributed by atoms with Crippen LogP contribution < -0.4 is 10.2 Å². The van der Waals surface area contributed by atoms with E-state index in [4.69, 9.17) is 5.26 Å². The molecule has 2 rings (SSSR count). The zero-order valence-corrected chi connectivity index (χ0v) is 9.22. The molecule has 0 unspecified atom stereocenters. The second-order valence-electron chi connectivity index (χ2n) is 3.81. The second-order valence-corrected chi connectivity index (χ2v) is 3.81. The van der Waals surface area contributed by atoms with Crippen molar-refractivity contribution >= 4 is 11.4 Å². The minimum atomic E-state index is -0.438. The van der Waals surface area contributed by atoms with E-state index in [1.165, 1.54) is 18.2 Å². The van der Waals surface area contributed by atoms with E-state index in [0.717, 1.165) is 26.2 Å². The molecule has 1 heterocycles. The lowest BCUT2D eigenvalue weighted by molar-refractivity contribution is -0.384. The smallest absolute Gasteiger partial charge is 0.271 e. The van der Waals surface area contributed by atoms with E-state index >= 15 is 0 Å². The molecule has 0 aromatic heterocycles. The summed E-state index contributed by atoms with van der Waals surface area (Å²) in [7, 11) is 0. The van der Waals surface area contributed by atoms with Gasteiger partial charge in [-0.1, -0.05) is 0 Å². The first-order valence-electron chi connectivity index (χ1n) is 5.36. The lowest BCUT2D eigenvalue weighted by atomic mass is 10.1. The quantitative estimate of drug-likeness (QED) is 0.604. The van der Waals surface area contributed by atoms with Crippen LogP contribution in [0.25, 0.3) is 0 Å². The topological polar surface area (TPSA) is 82.2 Å². The van der Waals surface area contributed by atoms with Gasteiger partial charge in [-0.2, -0.15) is 5.26 Å². The Labute approximate surface area is 98.6 Å². The van der Waals surface area contributed by atoms with Gasteiger partial charge in [0.15, 0.2) is 0 Å². The van der Waals surface area contributed by atoms with E-state index in [1.807, 2.05) is 4.90 Å². The largest absolute Gasteiger partial charge is 0.368 e. The van der Waals surface area contributed by atoms with E-state index in [1.54, 1.807) is 0 Å². The van der Waals surface area contributed by atoms with Crippen molar-refractivity contribution in [1.29, 1.82) is 5.26 Å². The van der Waals surface area contributed by atoms with Gasteiger partial charge >= 0.3 is 0 Å². The van der Waals surface area contributed by atoms with Crippen LogP contribution >= 0.6 is 0 Å². The number of nitriles is 1. The minimum absolute atomic E-state index is 0.0255. The summed E-state index contributed by atoms with van der Waals surface area (Å²) in [5, 5.41) is 22.9. The molecule has 0 radical (unpaired) electrons. The van der Waals surface area contributed by atoms with Crippen LogP contribution in [0.3, 0.4) is 0 Å². The molecule has 0 aliphatic carbocycles. The van der Waals surface area contributed by atoms with Crippen molar-refractivity contribution in [2.75, 3.05) is 31.1 Å². The lowest BCUT2D eigenvalue weighted by Crippen LogP contribution is -2.43. The van der Waals surface area contributed by atoms with Gasteiger partial charge in [0.2, 0.25) is 0 Å². The molecule has 1 fully saturated rings. The first-order chi connectivity index (χ1) is 8.22. The van der Waals surface area contributed by atoms with Crippen LogP contribution in [-0.4, -0.2) is 31.1 Å². The predicted molar refractivity (Wildman–Crippen MR) is 62.9 cm³/mol. The van der Waals surface area contributed by atoms with Gasteiger partial charge in [-0.15, -0.1) is 0 Å². The third-order valence-electron chi connectivity index (χ3n) is 2.77. The molecule has 0 saturated carbocycles. The number of nitrogens with one attached hydrogen (secondary N) is 1. The Kier molecular flexibility index (Phi) is 3.21. The monoisotopic (exact) mass is 232 g/mol. The molecule has 1 aromatic rings. The summed E-state index contributed by atoms with van der Waals surface area (Å²) in [6, 6.07) is 6.43. The predicted octanol–water partition coefficient (Wildman–Crippen LogP) is 0.876. The molecule has 88 valence electrons. The molecule has 6 heteroatoms. The molecule has 17 heavy (non-hydrogen) atoms. The number of nitro benzene ring substituents is 1. The highest BCUT2D eigenvalue weighted by atomic mass is 16.6. The normalized spacial score (nSPS) is 15.4. The molecular weight excluding hydrogens is 220 g/mol. The van der Waals surface area contributed by atoms with E-state index in [2.05, 4.69) is 11.4 Å². The number of hydrogen-bond donors (Lipinski definition) is 1. The van der Waals surface area contributed by atoms with Gasteiger partial charge in [0, 0.05) is 38.3 Å². The Bertz CT molecular complexity index is 475. The summed E-state index contributed by atoms with van der Waals surface area (Å²) in [5.74, 6) is 0. The molecule has 0 atom stereocenters. The summed E-state index contributed by atoms with van der Waals surface area (Å²) >= 11 is 0. The number of nitrogens with zero attached hydrogens (tertiary/aromatic N) is 3. The first kappa shape index (κ1) is 11.4. The van der Waals surface area contributed by atoms with Gasteiger partial charge in [0.25, 0.3) is 5.69 Å². The number of anilines is 1. The number of rotatable bonds is 2. The number of benzene rings is 1. The van der Waals surface area contributed by atoms with Gasteiger partial charge in [0.1, 0.15) is 6.07 Å². The van der Waals surface area contributed by atoms with Crippen LogP contribution in [-0.2, 0) is 0 Å². The Morgan fingerprint density at radius 1 is 1.41 bits per heavy atom. The van der Waals surface area contributed by atoms with E-state index in [-0.39, 0.29) is 5.69 Å². The molecule has 1 N–H and O–H groups in total. The average molecular weight is 232 g/mol. The molecule has 0 spiro atoms. The van der Waals surface area contributed by atoms with E-state index in [9.17, 15) is 10.1 Å². The van der Waals surface area contributed by atoms with Crippen molar-refractivity contribution in [3.63, 3.8) is 0 Å². The fourth-order valence-electron chi connectivity index (χ4n) is 1.90. The van der Waals surface area contributed by atoms with Gasteiger partial charge < -0.3 is 10.2 Å². The lowest BCUT2D eigenvalue weighted by Gasteiger charge is -2.29. The summed E-state index contributed by atoms with van der Waals surface area (Å²) in [4.78, 5) is 12.3. The third kappa shape index (κ3) is 2.34. The van der Waals surface area contributed by atoms with Crippen molar-refractivity contribution in [2.45, 2.75) is 0 Å². The molecule has 1 saturated heterocycles. The average Bonchev–Trinajstić information content (AvgIpc) is 2.39. The second kappa shape index (κ2) is 4.80. The van der Waals surface area contributed by atoms with Gasteiger partial charge in [-0.25, -0.2) is 0 Å². The van der Waals surface area contributed by atoms with Crippen molar-refractivity contribution in [3.05, 3.63) is 33.9 Å². The van der Waals surface area contributed by atoms with Gasteiger partial charge in [-0.05, 0) is 6.07 Å². The van der Waals surface area contributed by atoms with Gasteiger partial charge in [-0.3, -0.25) is 10.1 Å². The van der Waals surface area contributed by atoms with E-state index in [0.29, 0.717) is 11.3 Å². The highest BCUT2D eigenvalue weighted by molar-refractivity contribution is 5.63. The van der Waals surface area contributed by atoms with Crippen molar-refractivity contribution in [3.8, 4) is 6.07 Å². The van der Waals surface area contributed by atoms with Crippen LogP contribution in [0.15, 0.2) is 18.2 Å².